The molecule has 5 nitrogen and oxygen atoms in total. The Balaban J connectivity index is 2.42. The maximum Gasteiger partial charge on any atom is 0.412 e. The van der Waals surface area contributed by atoms with Crippen LogP contribution < -0.4 is 4.90 Å². The molecule has 1 aromatic carbocycles. The van der Waals surface area contributed by atoms with Gasteiger partial charge in [-0.15, -0.1) is 0 Å². The van der Waals surface area contributed by atoms with Crippen LogP contribution in [-0.2, 0) is 0 Å². The highest BCUT2D eigenvalue weighted by atomic mass is 35.5. The molecule has 0 radical (unpaired) electrons. The Labute approximate surface area is 134 Å². The van der Waals surface area contributed by atoms with Crippen LogP contribution in [0.1, 0.15) is 26.3 Å². The van der Waals surface area contributed by atoms with Gasteiger partial charge in [0.2, 0.25) is 5.28 Å². The molecule has 1 amide bonds. The van der Waals surface area contributed by atoms with Gasteiger partial charge in [-0.2, -0.15) is 0 Å². The normalized spacial score (nSPS) is 11.3. The van der Waals surface area contributed by atoms with E-state index in [0.717, 1.165) is 16.8 Å². The van der Waals surface area contributed by atoms with E-state index < -0.39 is 11.6 Å². The third kappa shape index (κ3) is 3.36. The van der Waals surface area contributed by atoms with Gasteiger partial charge >= 0.3 is 6.09 Å². The second kappa shape index (κ2) is 5.93. The molecule has 0 saturated heterocycles. The summed E-state index contributed by atoms with van der Waals surface area (Å²) in [6.45, 7) is 7.45. The number of rotatable bonds is 2. The summed E-state index contributed by atoms with van der Waals surface area (Å²) < 4.78 is 0. The molecule has 0 aliphatic carbocycles. The molecule has 0 saturated carbocycles. The fourth-order valence-corrected chi connectivity index (χ4v) is 2.40. The maximum absolute atomic E-state index is 11.5. The van der Waals surface area contributed by atoms with E-state index in [2.05, 4.69) is 9.97 Å². The van der Waals surface area contributed by atoms with Crippen molar-refractivity contribution in [3.8, 4) is 11.3 Å². The summed E-state index contributed by atoms with van der Waals surface area (Å²) in [5.74, 6) is 0. The minimum Gasteiger partial charge on any atom is -0.465 e. The molecular formula is C16H18ClN3O2. The summed E-state index contributed by atoms with van der Waals surface area (Å²) in [6, 6.07) is 7.21. The Bertz CT molecular complexity index is 694. The Hall–Kier alpha value is -2.14. The number of carbonyl (C=O) groups is 1. The summed E-state index contributed by atoms with van der Waals surface area (Å²) in [4.78, 5) is 21.0. The summed E-state index contributed by atoms with van der Waals surface area (Å²) in [6.07, 6.45) is 0.679. The number of hydrogen-bond donors (Lipinski definition) is 1. The zero-order chi connectivity index (χ0) is 16.5. The number of halogens is 1. The second-order valence-corrected chi connectivity index (χ2v) is 6.34. The van der Waals surface area contributed by atoms with Crippen molar-refractivity contribution in [1.82, 2.24) is 9.97 Å². The Morgan fingerprint density at radius 2 is 1.82 bits per heavy atom. The van der Waals surface area contributed by atoms with Gasteiger partial charge in [0.05, 0.1) is 5.69 Å². The molecule has 2 aromatic rings. The lowest BCUT2D eigenvalue weighted by Crippen LogP contribution is -2.45. The first-order valence-corrected chi connectivity index (χ1v) is 7.20. The van der Waals surface area contributed by atoms with Crippen LogP contribution in [0.3, 0.4) is 0 Å². The topological polar surface area (TPSA) is 66.3 Å². The van der Waals surface area contributed by atoms with Crippen LogP contribution >= 0.6 is 11.6 Å². The second-order valence-electron chi connectivity index (χ2n) is 6.01. The predicted octanol–water partition coefficient (Wildman–Crippen LogP) is 4.39. The van der Waals surface area contributed by atoms with Gasteiger partial charge in [-0.1, -0.05) is 12.1 Å². The molecule has 0 fully saturated rings. The quantitative estimate of drug-likeness (QED) is 0.834. The van der Waals surface area contributed by atoms with E-state index in [-0.39, 0.29) is 5.28 Å². The van der Waals surface area contributed by atoms with Crippen LogP contribution in [0.25, 0.3) is 11.3 Å². The minimum atomic E-state index is -0.985. The molecule has 0 unspecified atom stereocenters. The van der Waals surface area contributed by atoms with Crippen LogP contribution in [0.5, 0.6) is 0 Å². The molecule has 116 valence electrons. The van der Waals surface area contributed by atoms with E-state index in [1.165, 1.54) is 4.90 Å². The number of nitrogens with zero attached hydrogens (tertiary/aromatic N) is 3. The summed E-state index contributed by atoms with van der Waals surface area (Å²) in [5, 5.41) is 9.60. The Morgan fingerprint density at radius 3 is 2.32 bits per heavy atom. The van der Waals surface area contributed by atoms with Gasteiger partial charge in [-0.25, -0.2) is 14.8 Å². The first-order valence-electron chi connectivity index (χ1n) is 6.83. The number of anilines is 1. The van der Waals surface area contributed by atoms with Crippen molar-refractivity contribution in [3.05, 3.63) is 41.3 Å². The molecule has 0 aliphatic heterocycles. The molecular weight excluding hydrogens is 302 g/mol. The highest BCUT2D eigenvalue weighted by Gasteiger charge is 2.27. The first-order chi connectivity index (χ1) is 10.2. The summed E-state index contributed by atoms with van der Waals surface area (Å²) in [7, 11) is 0. The highest BCUT2D eigenvalue weighted by Crippen LogP contribution is 2.28. The highest BCUT2D eigenvalue weighted by molar-refractivity contribution is 6.28. The van der Waals surface area contributed by atoms with E-state index >= 15 is 0 Å². The van der Waals surface area contributed by atoms with Gasteiger partial charge in [0.25, 0.3) is 0 Å². The molecule has 1 N–H and O–H groups in total. The third-order valence-electron chi connectivity index (χ3n) is 3.20. The number of benzene rings is 1. The van der Waals surface area contributed by atoms with Crippen LogP contribution in [0.2, 0.25) is 5.28 Å². The lowest BCUT2D eigenvalue weighted by Gasteiger charge is -2.33. The molecule has 0 bridgehead atoms. The van der Waals surface area contributed by atoms with E-state index in [9.17, 15) is 9.90 Å². The lowest BCUT2D eigenvalue weighted by atomic mass is 10.0. The van der Waals surface area contributed by atoms with E-state index in [1.54, 1.807) is 18.3 Å². The number of aromatic nitrogens is 2. The summed E-state index contributed by atoms with van der Waals surface area (Å²) in [5.41, 5.74) is 2.60. The van der Waals surface area contributed by atoms with E-state index in [4.69, 9.17) is 11.6 Å². The average molecular weight is 320 g/mol. The van der Waals surface area contributed by atoms with E-state index in [1.807, 2.05) is 39.8 Å². The van der Waals surface area contributed by atoms with Gasteiger partial charge in [0.15, 0.2) is 0 Å². The average Bonchev–Trinajstić information content (AvgIpc) is 2.40. The van der Waals surface area contributed by atoms with Crippen molar-refractivity contribution in [2.24, 2.45) is 0 Å². The summed E-state index contributed by atoms with van der Waals surface area (Å²) >= 11 is 5.84. The van der Waals surface area contributed by atoms with Crippen LogP contribution in [0.15, 0.2) is 30.5 Å². The predicted molar refractivity (Wildman–Crippen MR) is 87.5 cm³/mol. The van der Waals surface area contributed by atoms with Crippen molar-refractivity contribution >= 4 is 23.4 Å². The Kier molecular flexibility index (Phi) is 4.37. The number of carboxylic acid groups (broad SMARTS) is 1. The zero-order valence-corrected chi connectivity index (χ0v) is 13.7. The maximum atomic E-state index is 11.5. The zero-order valence-electron chi connectivity index (χ0n) is 13.0. The van der Waals surface area contributed by atoms with Crippen molar-refractivity contribution in [2.75, 3.05) is 4.90 Å². The molecule has 0 aliphatic rings. The van der Waals surface area contributed by atoms with Crippen LogP contribution in [-0.4, -0.2) is 26.7 Å². The number of hydrogen-bond acceptors (Lipinski definition) is 3. The van der Waals surface area contributed by atoms with Crippen LogP contribution in [0.4, 0.5) is 10.5 Å². The number of amides is 1. The first kappa shape index (κ1) is 16.2. The number of aryl methyl sites for hydroxylation is 1. The van der Waals surface area contributed by atoms with Crippen molar-refractivity contribution in [3.63, 3.8) is 0 Å². The van der Waals surface area contributed by atoms with Crippen LogP contribution in [0, 0.1) is 6.92 Å². The molecule has 1 heterocycles. The lowest BCUT2D eigenvalue weighted by molar-refractivity contribution is 0.195. The Morgan fingerprint density at radius 1 is 1.23 bits per heavy atom. The fraction of sp³-hybridized carbons (Fsp3) is 0.312. The van der Waals surface area contributed by atoms with Gasteiger partial charge in [-0.3, -0.25) is 4.90 Å². The smallest absolute Gasteiger partial charge is 0.412 e. The third-order valence-corrected chi connectivity index (χ3v) is 3.39. The fourth-order valence-electron chi connectivity index (χ4n) is 2.27. The molecule has 0 spiro atoms. The van der Waals surface area contributed by atoms with Gasteiger partial charge in [-0.05, 0) is 57.0 Å². The van der Waals surface area contributed by atoms with E-state index in [0.29, 0.717) is 5.69 Å². The minimum absolute atomic E-state index is 0.187. The molecule has 1 aromatic heterocycles. The SMILES string of the molecule is Cc1cnc(Cl)nc1-c1ccc(N(C(=O)O)C(C)(C)C)cc1. The largest absolute Gasteiger partial charge is 0.465 e. The molecule has 22 heavy (non-hydrogen) atoms. The van der Waals surface area contributed by atoms with Crippen molar-refractivity contribution in [1.29, 1.82) is 0 Å². The van der Waals surface area contributed by atoms with Gasteiger partial charge in [0.1, 0.15) is 0 Å². The van der Waals surface area contributed by atoms with Crippen molar-refractivity contribution < 1.29 is 9.90 Å². The van der Waals surface area contributed by atoms with Gasteiger partial charge in [0, 0.05) is 23.0 Å². The monoisotopic (exact) mass is 319 g/mol. The molecule has 6 heteroatoms. The van der Waals surface area contributed by atoms with Crippen molar-refractivity contribution in [2.45, 2.75) is 33.2 Å². The standard InChI is InChI=1S/C16H18ClN3O2/c1-10-9-18-14(17)19-13(10)11-5-7-12(8-6-11)20(15(21)22)16(2,3)4/h5-9H,1-4H3,(H,21,22). The van der Waals surface area contributed by atoms with Gasteiger partial charge < -0.3 is 5.11 Å². The molecule has 0 atom stereocenters. The molecule has 2 rings (SSSR count).